The highest BCUT2D eigenvalue weighted by Gasteiger charge is 2.37. The fourth-order valence-electron chi connectivity index (χ4n) is 3.69. The number of carbonyl (C=O) groups is 2. The highest BCUT2D eigenvalue weighted by atomic mass is 16.5. The van der Waals surface area contributed by atoms with Crippen LogP contribution in [0, 0.1) is 0 Å². The molecule has 2 aromatic rings. The molecule has 1 aromatic carbocycles. The maximum atomic E-state index is 12.9. The number of rotatable bonds is 4. The fraction of sp³-hybridized carbons (Fsp3) is 0.400. The summed E-state index contributed by atoms with van der Waals surface area (Å²) >= 11 is 0. The van der Waals surface area contributed by atoms with Crippen LogP contribution in [0.25, 0.3) is 0 Å². The number of benzene rings is 1. The minimum atomic E-state index is -0.738. The zero-order valence-corrected chi connectivity index (χ0v) is 15.5. The standard InChI is InChI=1S/C20H23N5O3/c26-17-13-28-19(18(24-17)14-4-2-1-3-5-14)20(27)23-15-6-10-25(11-7-15)16-12-21-8-9-22-16/h1-5,8-9,12,15,18-19H,6-7,10-11,13H2,(H,23,27)(H,24,26)/t18-,19+/m1/s1. The van der Waals surface area contributed by atoms with Gasteiger partial charge in [0.2, 0.25) is 5.91 Å². The molecular formula is C20H23N5O3. The molecule has 2 aliphatic heterocycles. The number of nitrogens with zero attached hydrogens (tertiary/aromatic N) is 3. The van der Waals surface area contributed by atoms with Gasteiger partial charge in [-0.2, -0.15) is 0 Å². The van der Waals surface area contributed by atoms with Gasteiger partial charge in [-0.3, -0.25) is 14.6 Å². The van der Waals surface area contributed by atoms with Crippen LogP contribution in [-0.2, 0) is 14.3 Å². The van der Waals surface area contributed by atoms with Gasteiger partial charge < -0.3 is 20.3 Å². The van der Waals surface area contributed by atoms with E-state index in [1.54, 1.807) is 18.6 Å². The SMILES string of the molecule is O=C1CO[C@H](C(=O)NC2CCN(c3cnccn3)CC2)[C@@H](c2ccccc2)N1. The maximum absolute atomic E-state index is 12.9. The second-order valence-electron chi connectivity index (χ2n) is 7.02. The van der Waals surface area contributed by atoms with Crippen molar-refractivity contribution in [2.45, 2.75) is 31.0 Å². The van der Waals surface area contributed by atoms with Crippen LogP contribution in [0.5, 0.6) is 0 Å². The first-order valence-electron chi connectivity index (χ1n) is 9.48. The Morgan fingerprint density at radius 2 is 1.96 bits per heavy atom. The van der Waals surface area contributed by atoms with E-state index in [0.717, 1.165) is 37.3 Å². The Morgan fingerprint density at radius 1 is 1.18 bits per heavy atom. The zero-order chi connectivity index (χ0) is 19.3. The Labute approximate surface area is 163 Å². The number of ether oxygens (including phenoxy) is 1. The van der Waals surface area contributed by atoms with E-state index in [4.69, 9.17) is 4.74 Å². The number of hydrogen-bond donors (Lipinski definition) is 2. The average molecular weight is 381 g/mol. The first-order valence-corrected chi connectivity index (χ1v) is 9.48. The molecule has 0 unspecified atom stereocenters. The van der Waals surface area contributed by atoms with Gasteiger partial charge in [0.15, 0.2) is 6.10 Å². The molecule has 0 bridgehead atoms. The lowest BCUT2D eigenvalue weighted by molar-refractivity contribution is -0.148. The van der Waals surface area contributed by atoms with Gasteiger partial charge in [-0.25, -0.2) is 4.98 Å². The van der Waals surface area contributed by atoms with E-state index in [9.17, 15) is 9.59 Å². The smallest absolute Gasteiger partial charge is 0.251 e. The summed E-state index contributed by atoms with van der Waals surface area (Å²) in [4.78, 5) is 35.3. The van der Waals surface area contributed by atoms with E-state index in [-0.39, 0.29) is 24.5 Å². The molecule has 1 aromatic heterocycles. The monoisotopic (exact) mass is 381 g/mol. The highest BCUT2D eigenvalue weighted by molar-refractivity contribution is 5.86. The molecule has 0 spiro atoms. The topological polar surface area (TPSA) is 96.5 Å². The summed E-state index contributed by atoms with van der Waals surface area (Å²) in [6.45, 7) is 1.49. The van der Waals surface area contributed by atoms with E-state index in [2.05, 4.69) is 25.5 Å². The third-order valence-electron chi connectivity index (χ3n) is 5.15. The molecule has 2 atom stereocenters. The molecule has 0 radical (unpaired) electrons. The molecule has 8 nitrogen and oxygen atoms in total. The number of amides is 2. The Bertz CT molecular complexity index is 809. The second kappa shape index (κ2) is 8.35. The van der Waals surface area contributed by atoms with Crippen molar-refractivity contribution in [3.8, 4) is 0 Å². The number of hydrogen-bond acceptors (Lipinski definition) is 6. The zero-order valence-electron chi connectivity index (χ0n) is 15.5. The normalized spacial score (nSPS) is 23.1. The molecule has 0 aliphatic carbocycles. The predicted octanol–water partition coefficient (Wildman–Crippen LogP) is 0.818. The summed E-state index contributed by atoms with van der Waals surface area (Å²) < 4.78 is 5.60. The van der Waals surface area contributed by atoms with E-state index in [1.807, 2.05) is 30.3 Å². The van der Waals surface area contributed by atoms with Gasteiger partial charge in [-0.05, 0) is 18.4 Å². The molecule has 2 fully saturated rings. The maximum Gasteiger partial charge on any atom is 0.251 e. The largest absolute Gasteiger partial charge is 0.356 e. The van der Waals surface area contributed by atoms with Crippen molar-refractivity contribution in [2.75, 3.05) is 24.6 Å². The number of piperidine rings is 1. The Morgan fingerprint density at radius 3 is 2.68 bits per heavy atom. The Kier molecular flexibility index (Phi) is 5.48. The summed E-state index contributed by atoms with van der Waals surface area (Å²) in [6.07, 6.45) is 5.99. The summed E-state index contributed by atoms with van der Waals surface area (Å²) in [6, 6.07) is 9.02. The molecule has 2 saturated heterocycles. The van der Waals surface area contributed by atoms with Crippen LogP contribution in [-0.4, -0.2) is 53.6 Å². The molecule has 2 N–H and O–H groups in total. The minimum Gasteiger partial charge on any atom is -0.356 e. The third-order valence-corrected chi connectivity index (χ3v) is 5.15. The first-order chi connectivity index (χ1) is 13.7. The van der Waals surface area contributed by atoms with Crippen LogP contribution >= 0.6 is 0 Å². The van der Waals surface area contributed by atoms with Crippen LogP contribution in [0.15, 0.2) is 48.9 Å². The average Bonchev–Trinajstić information content (AvgIpc) is 2.75. The van der Waals surface area contributed by atoms with Gasteiger partial charge >= 0.3 is 0 Å². The summed E-state index contributed by atoms with van der Waals surface area (Å²) in [7, 11) is 0. The molecule has 2 amide bonds. The first kappa shape index (κ1) is 18.4. The van der Waals surface area contributed by atoms with Gasteiger partial charge in [0.25, 0.3) is 5.91 Å². The Hall–Kier alpha value is -3.00. The fourth-order valence-corrected chi connectivity index (χ4v) is 3.69. The third kappa shape index (κ3) is 4.12. The van der Waals surface area contributed by atoms with E-state index < -0.39 is 12.1 Å². The molecule has 28 heavy (non-hydrogen) atoms. The predicted molar refractivity (Wildman–Crippen MR) is 102 cm³/mol. The van der Waals surface area contributed by atoms with Crippen molar-refractivity contribution in [1.29, 1.82) is 0 Å². The summed E-state index contributed by atoms with van der Waals surface area (Å²) in [5.41, 5.74) is 0.855. The lowest BCUT2D eigenvalue weighted by atomic mass is 9.98. The van der Waals surface area contributed by atoms with E-state index in [0.29, 0.717) is 0 Å². The van der Waals surface area contributed by atoms with Crippen LogP contribution in [0.1, 0.15) is 24.4 Å². The van der Waals surface area contributed by atoms with Gasteiger partial charge in [0.05, 0.1) is 12.2 Å². The van der Waals surface area contributed by atoms with Crippen molar-refractivity contribution >= 4 is 17.6 Å². The number of carbonyl (C=O) groups excluding carboxylic acids is 2. The van der Waals surface area contributed by atoms with Crippen LogP contribution in [0.2, 0.25) is 0 Å². The van der Waals surface area contributed by atoms with Crippen molar-refractivity contribution in [2.24, 2.45) is 0 Å². The number of anilines is 1. The molecule has 146 valence electrons. The van der Waals surface area contributed by atoms with Crippen molar-refractivity contribution in [3.05, 3.63) is 54.5 Å². The van der Waals surface area contributed by atoms with Crippen molar-refractivity contribution in [3.63, 3.8) is 0 Å². The molecule has 0 saturated carbocycles. The van der Waals surface area contributed by atoms with Gasteiger partial charge in [0.1, 0.15) is 12.4 Å². The van der Waals surface area contributed by atoms with Crippen LogP contribution in [0.3, 0.4) is 0 Å². The molecular weight excluding hydrogens is 358 g/mol. The molecule has 8 heteroatoms. The lowest BCUT2D eigenvalue weighted by Gasteiger charge is -2.36. The van der Waals surface area contributed by atoms with E-state index >= 15 is 0 Å². The summed E-state index contributed by atoms with van der Waals surface area (Å²) in [5.74, 6) is 0.455. The lowest BCUT2D eigenvalue weighted by Crippen LogP contribution is -2.55. The number of aromatic nitrogens is 2. The van der Waals surface area contributed by atoms with Crippen molar-refractivity contribution in [1.82, 2.24) is 20.6 Å². The van der Waals surface area contributed by atoms with Crippen molar-refractivity contribution < 1.29 is 14.3 Å². The minimum absolute atomic E-state index is 0.0677. The molecule has 4 rings (SSSR count). The number of morpholine rings is 1. The van der Waals surface area contributed by atoms with Gasteiger partial charge in [-0.1, -0.05) is 30.3 Å². The molecule has 2 aliphatic rings. The van der Waals surface area contributed by atoms with E-state index in [1.165, 1.54) is 0 Å². The van der Waals surface area contributed by atoms with Crippen LogP contribution in [0.4, 0.5) is 5.82 Å². The Balaban J connectivity index is 1.37. The van der Waals surface area contributed by atoms with Gasteiger partial charge in [-0.15, -0.1) is 0 Å². The number of nitrogens with one attached hydrogen (secondary N) is 2. The van der Waals surface area contributed by atoms with Crippen LogP contribution < -0.4 is 15.5 Å². The highest BCUT2D eigenvalue weighted by Crippen LogP contribution is 2.23. The van der Waals surface area contributed by atoms with Gasteiger partial charge in [0, 0.05) is 31.5 Å². The second-order valence-corrected chi connectivity index (χ2v) is 7.02. The molecule has 3 heterocycles. The summed E-state index contributed by atoms with van der Waals surface area (Å²) in [5, 5.41) is 5.98. The quantitative estimate of drug-likeness (QED) is 0.814.